The van der Waals surface area contributed by atoms with Crippen molar-refractivity contribution < 1.29 is 14.3 Å². The summed E-state index contributed by atoms with van der Waals surface area (Å²) < 4.78 is 4.59. The molecule has 2 fully saturated rings. The van der Waals surface area contributed by atoms with Gasteiger partial charge in [0.1, 0.15) is 0 Å². The molecule has 3 nitrogen and oxygen atoms in total. The third kappa shape index (κ3) is 1.04. The fourth-order valence-corrected chi connectivity index (χ4v) is 3.10. The third-order valence-electron chi connectivity index (χ3n) is 3.75. The molecule has 4 unspecified atom stereocenters. The van der Waals surface area contributed by atoms with Crippen molar-refractivity contribution in [3.8, 4) is 0 Å². The van der Waals surface area contributed by atoms with Crippen LogP contribution in [-0.4, -0.2) is 11.9 Å². The molecule has 1 heterocycles. The van der Waals surface area contributed by atoms with Gasteiger partial charge in [-0.25, -0.2) is 0 Å². The van der Waals surface area contributed by atoms with Gasteiger partial charge in [-0.1, -0.05) is 12.2 Å². The quantitative estimate of drug-likeness (QED) is 0.357. The number of ether oxygens (including phenoxy) is 1. The predicted molar refractivity (Wildman–Crippen MR) is 48.1 cm³/mol. The summed E-state index contributed by atoms with van der Waals surface area (Å²) in [6.45, 7) is 0. The zero-order chi connectivity index (χ0) is 9.71. The Bertz CT molecular complexity index is 331. The van der Waals surface area contributed by atoms with Gasteiger partial charge in [0.25, 0.3) is 0 Å². The standard InChI is InChI=1S/C11H12O3/c12-10-5-9(11(13)14-10)8-4-6-1-2-7(8)3-6/h1-2,6-9H,3-5H2. The number of hydrogen-bond donors (Lipinski definition) is 0. The minimum absolute atomic E-state index is 0.151. The molecule has 0 amide bonds. The van der Waals surface area contributed by atoms with Crippen LogP contribution in [0.5, 0.6) is 0 Å². The largest absolute Gasteiger partial charge is 0.393 e. The third-order valence-corrected chi connectivity index (χ3v) is 3.75. The molecule has 0 spiro atoms. The highest BCUT2D eigenvalue weighted by Gasteiger charge is 2.47. The minimum Gasteiger partial charge on any atom is -0.393 e. The molecule has 14 heavy (non-hydrogen) atoms. The van der Waals surface area contributed by atoms with Crippen LogP contribution in [0.3, 0.4) is 0 Å². The van der Waals surface area contributed by atoms with Crippen molar-refractivity contribution >= 4 is 11.9 Å². The first-order chi connectivity index (χ1) is 6.74. The smallest absolute Gasteiger partial charge is 0.317 e. The number of allylic oxidation sites excluding steroid dienone is 2. The van der Waals surface area contributed by atoms with Crippen LogP contribution >= 0.6 is 0 Å². The van der Waals surface area contributed by atoms with Gasteiger partial charge in [-0.2, -0.15) is 0 Å². The highest BCUT2D eigenvalue weighted by atomic mass is 16.6. The van der Waals surface area contributed by atoms with Gasteiger partial charge < -0.3 is 4.74 Å². The summed E-state index contributed by atoms with van der Waals surface area (Å²) in [5, 5.41) is 0. The van der Waals surface area contributed by atoms with E-state index in [0.717, 1.165) is 6.42 Å². The van der Waals surface area contributed by atoms with Gasteiger partial charge in [-0.05, 0) is 30.6 Å². The Morgan fingerprint density at radius 3 is 2.57 bits per heavy atom. The van der Waals surface area contributed by atoms with Crippen LogP contribution in [0.1, 0.15) is 19.3 Å². The van der Waals surface area contributed by atoms with Crippen molar-refractivity contribution in [2.45, 2.75) is 19.3 Å². The number of carbonyl (C=O) groups excluding carboxylic acids is 2. The Morgan fingerprint density at radius 1 is 1.21 bits per heavy atom. The number of hydrogen-bond acceptors (Lipinski definition) is 3. The van der Waals surface area contributed by atoms with Crippen molar-refractivity contribution in [2.24, 2.45) is 23.7 Å². The lowest BCUT2D eigenvalue weighted by molar-refractivity contribution is -0.153. The van der Waals surface area contributed by atoms with Crippen LogP contribution < -0.4 is 0 Å². The van der Waals surface area contributed by atoms with E-state index in [2.05, 4.69) is 16.9 Å². The fourth-order valence-electron chi connectivity index (χ4n) is 3.10. The first-order valence-electron chi connectivity index (χ1n) is 5.17. The van der Waals surface area contributed by atoms with Crippen LogP contribution in [0.15, 0.2) is 12.2 Å². The van der Waals surface area contributed by atoms with E-state index in [4.69, 9.17) is 0 Å². The van der Waals surface area contributed by atoms with E-state index in [0.29, 0.717) is 24.2 Å². The molecule has 74 valence electrons. The first kappa shape index (κ1) is 8.21. The second kappa shape index (κ2) is 2.69. The summed E-state index contributed by atoms with van der Waals surface area (Å²) in [4.78, 5) is 22.3. The monoisotopic (exact) mass is 192 g/mol. The number of fused-ring (bicyclic) bond motifs is 2. The molecule has 3 rings (SSSR count). The summed E-state index contributed by atoms with van der Waals surface area (Å²) in [7, 11) is 0. The first-order valence-corrected chi connectivity index (χ1v) is 5.17. The molecule has 1 saturated heterocycles. The van der Waals surface area contributed by atoms with Gasteiger partial charge >= 0.3 is 11.9 Å². The van der Waals surface area contributed by atoms with Crippen LogP contribution in [-0.2, 0) is 14.3 Å². The number of rotatable bonds is 1. The molecule has 1 saturated carbocycles. The molecular formula is C11H12O3. The van der Waals surface area contributed by atoms with Gasteiger partial charge in [0.2, 0.25) is 0 Å². The number of cyclic esters (lactones) is 2. The predicted octanol–water partition coefficient (Wildman–Crippen LogP) is 1.29. The van der Waals surface area contributed by atoms with Crippen molar-refractivity contribution in [3.05, 3.63) is 12.2 Å². The van der Waals surface area contributed by atoms with Crippen LogP contribution in [0.25, 0.3) is 0 Å². The molecule has 0 radical (unpaired) electrons. The molecule has 2 bridgehead atoms. The van der Waals surface area contributed by atoms with E-state index >= 15 is 0 Å². The zero-order valence-electron chi connectivity index (χ0n) is 7.81. The summed E-state index contributed by atoms with van der Waals surface area (Å²) in [5.74, 6) is 0.746. The lowest BCUT2D eigenvalue weighted by Crippen LogP contribution is -2.22. The molecule has 4 atom stereocenters. The van der Waals surface area contributed by atoms with E-state index in [-0.39, 0.29) is 17.9 Å². The number of esters is 2. The Balaban J connectivity index is 1.81. The summed E-state index contributed by atoms with van der Waals surface area (Å²) in [6.07, 6.45) is 6.98. The van der Waals surface area contributed by atoms with E-state index in [1.165, 1.54) is 6.42 Å². The average Bonchev–Trinajstić information content (AvgIpc) is 2.79. The van der Waals surface area contributed by atoms with Crippen LogP contribution in [0, 0.1) is 23.7 Å². The Hall–Kier alpha value is -1.12. The van der Waals surface area contributed by atoms with Crippen LogP contribution in [0.4, 0.5) is 0 Å². The van der Waals surface area contributed by atoms with Crippen molar-refractivity contribution in [3.63, 3.8) is 0 Å². The molecule has 3 aliphatic rings. The van der Waals surface area contributed by atoms with E-state index in [1.807, 2.05) is 0 Å². The normalized spacial score (nSPS) is 44.9. The molecule has 0 N–H and O–H groups in total. The number of carbonyl (C=O) groups is 2. The topological polar surface area (TPSA) is 43.4 Å². The second-order valence-electron chi connectivity index (χ2n) is 4.55. The van der Waals surface area contributed by atoms with E-state index in [1.54, 1.807) is 0 Å². The summed E-state index contributed by atoms with van der Waals surface area (Å²) in [5.41, 5.74) is 0. The zero-order valence-corrected chi connectivity index (χ0v) is 7.81. The van der Waals surface area contributed by atoms with Gasteiger partial charge in [-0.3, -0.25) is 9.59 Å². The van der Waals surface area contributed by atoms with Crippen molar-refractivity contribution in [1.29, 1.82) is 0 Å². The molecule has 2 aliphatic carbocycles. The SMILES string of the molecule is O=C1CC(C2CC3C=CC2C3)C(=O)O1. The van der Waals surface area contributed by atoms with Gasteiger partial charge in [-0.15, -0.1) is 0 Å². The maximum atomic E-state index is 11.4. The molecule has 1 aliphatic heterocycles. The Kier molecular flexibility index (Phi) is 1.58. The van der Waals surface area contributed by atoms with E-state index in [9.17, 15) is 9.59 Å². The molecule has 0 aromatic carbocycles. The Labute approximate surface area is 82.1 Å². The summed E-state index contributed by atoms with van der Waals surface area (Å²) >= 11 is 0. The Morgan fingerprint density at radius 2 is 2.07 bits per heavy atom. The lowest BCUT2D eigenvalue weighted by Gasteiger charge is -2.20. The van der Waals surface area contributed by atoms with Gasteiger partial charge in [0.15, 0.2) is 0 Å². The highest BCUT2D eigenvalue weighted by molar-refractivity contribution is 5.94. The summed E-state index contributed by atoms with van der Waals surface area (Å²) in [6, 6.07) is 0. The average molecular weight is 192 g/mol. The molecule has 0 aromatic heterocycles. The lowest BCUT2D eigenvalue weighted by atomic mass is 9.81. The van der Waals surface area contributed by atoms with Crippen molar-refractivity contribution in [1.82, 2.24) is 0 Å². The minimum atomic E-state index is -0.341. The molecule has 3 heteroatoms. The van der Waals surface area contributed by atoms with Crippen molar-refractivity contribution in [2.75, 3.05) is 0 Å². The van der Waals surface area contributed by atoms with E-state index < -0.39 is 0 Å². The van der Waals surface area contributed by atoms with Gasteiger partial charge in [0.05, 0.1) is 12.3 Å². The molecule has 0 aromatic rings. The maximum Gasteiger partial charge on any atom is 0.317 e. The van der Waals surface area contributed by atoms with Gasteiger partial charge in [0, 0.05) is 0 Å². The fraction of sp³-hybridized carbons (Fsp3) is 0.636. The maximum absolute atomic E-state index is 11.4. The second-order valence-corrected chi connectivity index (χ2v) is 4.55. The highest BCUT2D eigenvalue weighted by Crippen LogP contribution is 2.48. The molecular weight excluding hydrogens is 180 g/mol. The van der Waals surface area contributed by atoms with Crippen LogP contribution in [0.2, 0.25) is 0 Å².